The van der Waals surface area contributed by atoms with Crippen LogP contribution in [-0.4, -0.2) is 22.3 Å². The summed E-state index contributed by atoms with van der Waals surface area (Å²) in [5.41, 5.74) is 1.41. The monoisotopic (exact) mass is 329 g/mol. The zero-order valence-electron chi connectivity index (χ0n) is 12.5. The van der Waals surface area contributed by atoms with E-state index < -0.39 is 0 Å². The lowest BCUT2D eigenvalue weighted by Gasteiger charge is -2.06. The molecule has 1 aromatic heterocycles. The van der Waals surface area contributed by atoms with Gasteiger partial charge in [0.2, 0.25) is 11.8 Å². The molecule has 118 valence electrons. The van der Waals surface area contributed by atoms with E-state index in [4.69, 9.17) is 0 Å². The summed E-state index contributed by atoms with van der Waals surface area (Å²) in [5, 5.41) is 4.16. The van der Waals surface area contributed by atoms with Gasteiger partial charge in [0.05, 0.1) is 5.92 Å². The van der Waals surface area contributed by atoms with Crippen molar-refractivity contribution in [3.05, 3.63) is 51.8 Å². The van der Waals surface area contributed by atoms with Gasteiger partial charge in [-0.25, -0.2) is 0 Å². The molecule has 1 aliphatic rings. The van der Waals surface area contributed by atoms with Crippen LogP contribution < -0.4 is 10.1 Å². The van der Waals surface area contributed by atoms with Crippen molar-refractivity contribution in [3.63, 3.8) is 0 Å². The molecule has 1 saturated heterocycles. The Morgan fingerprint density at radius 3 is 2.65 bits per heavy atom. The quantitative estimate of drug-likeness (QED) is 0.854. The molecule has 1 fully saturated rings. The van der Waals surface area contributed by atoms with E-state index in [9.17, 15) is 14.4 Å². The molecule has 0 spiro atoms. The van der Waals surface area contributed by atoms with Crippen LogP contribution in [0.4, 0.5) is 0 Å². The predicted molar refractivity (Wildman–Crippen MR) is 84.6 cm³/mol. The van der Waals surface area contributed by atoms with Crippen molar-refractivity contribution in [3.8, 4) is 0 Å². The van der Waals surface area contributed by atoms with E-state index in [2.05, 4.69) is 10.3 Å². The third-order valence-electron chi connectivity index (χ3n) is 3.71. The minimum absolute atomic E-state index is 0.226. The highest BCUT2D eigenvalue weighted by atomic mass is 32.1. The third-order valence-corrected chi connectivity index (χ3v) is 4.55. The van der Waals surface area contributed by atoms with Crippen molar-refractivity contribution < 1.29 is 14.4 Å². The molecule has 1 aliphatic heterocycles. The smallest absolute Gasteiger partial charge is 0.279 e. The van der Waals surface area contributed by atoms with E-state index in [0.717, 1.165) is 5.56 Å². The molecule has 23 heavy (non-hydrogen) atoms. The molecule has 1 N–H and O–H groups in total. The molecule has 1 unspecified atom stereocenters. The first-order chi connectivity index (χ1) is 11.0. The number of aryl methyl sites for hydroxylation is 1. The van der Waals surface area contributed by atoms with Gasteiger partial charge in [-0.05, 0) is 24.1 Å². The van der Waals surface area contributed by atoms with Gasteiger partial charge in [-0.2, -0.15) is 4.99 Å². The molecule has 7 heteroatoms. The molecule has 0 radical (unpaired) electrons. The second-order valence-electron chi connectivity index (χ2n) is 5.43. The number of carbonyl (C=O) groups excluding carboxylic acids is 3. The summed E-state index contributed by atoms with van der Waals surface area (Å²) in [6.07, 6.45) is 2.56. The maximum absolute atomic E-state index is 12.1. The fourth-order valence-electron chi connectivity index (χ4n) is 2.43. The third kappa shape index (κ3) is 3.45. The zero-order chi connectivity index (χ0) is 16.4. The minimum atomic E-state index is -0.320. The van der Waals surface area contributed by atoms with Gasteiger partial charge in [-0.15, -0.1) is 11.3 Å². The number of nitrogens with zero attached hydrogens (tertiary/aromatic N) is 2. The summed E-state index contributed by atoms with van der Waals surface area (Å²) < 4.78 is 1.78. The largest absolute Gasteiger partial charge is 0.327 e. The van der Waals surface area contributed by atoms with E-state index in [0.29, 0.717) is 16.8 Å². The molecular weight excluding hydrogens is 314 g/mol. The molecule has 2 aromatic rings. The number of benzene rings is 1. The van der Waals surface area contributed by atoms with Crippen molar-refractivity contribution in [2.75, 3.05) is 0 Å². The molecule has 3 amide bonds. The fraction of sp³-hybridized carbons (Fsp3) is 0.250. The highest BCUT2D eigenvalue weighted by Crippen LogP contribution is 2.17. The Bertz CT molecular complexity index is 833. The van der Waals surface area contributed by atoms with Crippen molar-refractivity contribution >= 4 is 29.1 Å². The topological polar surface area (TPSA) is 80.5 Å². The second kappa shape index (κ2) is 6.29. The van der Waals surface area contributed by atoms with E-state index in [1.165, 1.54) is 11.3 Å². The maximum atomic E-state index is 12.1. The molecule has 1 aromatic carbocycles. The molecule has 0 saturated carbocycles. The number of aromatic nitrogens is 1. The Balaban J connectivity index is 1.72. The Morgan fingerprint density at radius 1 is 1.35 bits per heavy atom. The summed E-state index contributed by atoms with van der Waals surface area (Å²) >= 11 is 1.40. The van der Waals surface area contributed by atoms with Crippen LogP contribution in [0.15, 0.2) is 40.8 Å². The summed E-state index contributed by atoms with van der Waals surface area (Å²) in [6.45, 7) is 0. The first kappa shape index (κ1) is 15.4. The Kier molecular flexibility index (Phi) is 4.20. The summed E-state index contributed by atoms with van der Waals surface area (Å²) in [5.74, 6) is -1.08. The lowest BCUT2D eigenvalue weighted by atomic mass is 9.97. The van der Waals surface area contributed by atoms with Gasteiger partial charge in [0.25, 0.3) is 5.91 Å². The van der Waals surface area contributed by atoms with E-state index in [-0.39, 0.29) is 30.1 Å². The number of hydrogen-bond acceptors (Lipinski definition) is 4. The Morgan fingerprint density at radius 2 is 2.09 bits per heavy atom. The van der Waals surface area contributed by atoms with E-state index in [1.807, 2.05) is 18.6 Å². The standard InChI is InChI=1S/C16H15N3O3S/c1-19-6-7-23-16(19)18-14(21)11-4-2-10(3-5-11)8-12-9-13(20)17-15(12)22/h2-7,12H,8-9H2,1H3,(H,17,20,22). The lowest BCUT2D eigenvalue weighted by Crippen LogP contribution is -2.22. The van der Waals surface area contributed by atoms with Gasteiger partial charge in [-0.3, -0.25) is 19.7 Å². The van der Waals surface area contributed by atoms with Crippen LogP contribution in [0.5, 0.6) is 0 Å². The Labute approximate surface area is 136 Å². The van der Waals surface area contributed by atoms with Crippen LogP contribution in [-0.2, 0) is 23.1 Å². The number of imide groups is 1. The van der Waals surface area contributed by atoms with Crippen molar-refractivity contribution in [2.45, 2.75) is 12.8 Å². The molecule has 3 rings (SSSR count). The lowest BCUT2D eigenvalue weighted by molar-refractivity contribution is -0.125. The van der Waals surface area contributed by atoms with Crippen molar-refractivity contribution in [1.29, 1.82) is 0 Å². The number of hydrogen-bond donors (Lipinski definition) is 1. The number of carbonyl (C=O) groups is 3. The molecule has 1 atom stereocenters. The minimum Gasteiger partial charge on any atom is -0.327 e. The average molecular weight is 329 g/mol. The van der Waals surface area contributed by atoms with Crippen LogP contribution in [0.3, 0.4) is 0 Å². The summed E-state index contributed by atoms with van der Waals surface area (Å²) in [6, 6.07) is 6.99. The first-order valence-electron chi connectivity index (χ1n) is 7.15. The maximum Gasteiger partial charge on any atom is 0.279 e. The highest BCUT2D eigenvalue weighted by molar-refractivity contribution is 7.07. The van der Waals surface area contributed by atoms with E-state index in [1.54, 1.807) is 28.8 Å². The fourth-order valence-corrected chi connectivity index (χ4v) is 3.15. The normalized spacial score (nSPS) is 18.3. The van der Waals surface area contributed by atoms with Crippen LogP contribution in [0.2, 0.25) is 0 Å². The van der Waals surface area contributed by atoms with Gasteiger partial charge in [-0.1, -0.05) is 12.1 Å². The second-order valence-corrected chi connectivity index (χ2v) is 6.30. The van der Waals surface area contributed by atoms with Crippen LogP contribution in [0, 0.1) is 5.92 Å². The van der Waals surface area contributed by atoms with Crippen LogP contribution in [0.25, 0.3) is 0 Å². The van der Waals surface area contributed by atoms with Crippen LogP contribution >= 0.6 is 11.3 Å². The van der Waals surface area contributed by atoms with Gasteiger partial charge in [0.1, 0.15) is 0 Å². The molecular formula is C16H15N3O3S. The highest BCUT2D eigenvalue weighted by Gasteiger charge is 2.30. The zero-order valence-corrected chi connectivity index (χ0v) is 13.3. The predicted octanol–water partition coefficient (Wildman–Crippen LogP) is 1.03. The summed E-state index contributed by atoms with van der Waals surface area (Å²) in [7, 11) is 1.83. The van der Waals surface area contributed by atoms with Gasteiger partial charge in [0, 0.05) is 30.6 Å². The molecule has 6 nitrogen and oxygen atoms in total. The van der Waals surface area contributed by atoms with Crippen molar-refractivity contribution in [1.82, 2.24) is 9.88 Å². The van der Waals surface area contributed by atoms with Gasteiger partial charge < -0.3 is 4.57 Å². The van der Waals surface area contributed by atoms with Crippen molar-refractivity contribution in [2.24, 2.45) is 18.0 Å². The van der Waals surface area contributed by atoms with Gasteiger partial charge in [0.15, 0.2) is 4.80 Å². The van der Waals surface area contributed by atoms with E-state index >= 15 is 0 Å². The number of nitrogens with one attached hydrogen (secondary N) is 1. The molecule has 0 aliphatic carbocycles. The molecule has 2 heterocycles. The summed E-state index contributed by atoms with van der Waals surface area (Å²) in [4.78, 5) is 39.6. The van der Waals surface area contributed by atoms with Gasteiger partial charge >= 0.3 is 0 Å². The Hall–Kier alpha value is -2.54. The number of thiazole rings is 1. The first-order valence-corrected chi connectivity index (χ1v) is 8.03. The number of amides is 3. The SMILES string of the molecule is Cn1ccsc1=NC(=O)c1ccc(CC2CC(=O)NC2=O)cc1. The molecule has 0 bridgehead atoms. The van der Waals surface area contributed by atoms with Crippen LogP contribution in [0.1, 0.15) is 22.3 Å². The number of rotatable bonds is 3. The average Bonchev–Trinajstić information content (AvgIpc) is 3.05.